The molecular formula is C22H22ClN3O3. The lowest BCUT2D eigenvalue weighted by Crippen LogP contribution is -2.30. The highest BCUT2D eigenvalue weighted by molar-refractivity contribution is 6.30. The zero-order valence-electron chi connectivity index (χ0n) is 16.5. The highest BCUT2D eigenvalue weighted by atomic mass is 35.5. The second-order valence-electron chi connectivity index (χ2n) is 6.71. The topological polar surface area (TPSA) is 73.2 Å². The number of hydrogen-bond donors (Lipinski definition) is 1. The molecule has 29 heavy (non-hydrogen) atoms. The molecule has 0 saturated carbocycles. The second kappa shape index (κ2) is 8.92. The first-order chi connectivity index (χ1) is 13.8. The van der Waals surface area contributed by atoms with Crippen LogP contribution in [0.1, 0.15) is 23.9 Å². The molecule has 0 aliphatic heterocycles. The van der Waals surface area contributed by atoms with Crippen molar-refractivity contribution in [2.45, 2.75) is 33.3 Å². The van der Waals surface area contributed by atoms with E-state index in [2.05, 4.69) is 10.4 Å². The van der Waals surface area contributed by atoms with Crippen LogP contribution in [0.2, 0.25) is 5.02 Å². The fraction of sp³-hybridized carbons (Fsp3) is 0.227. The van der Waals surface area contributed by atoms with Gasteiger partial charge >= 0.3 is 5.97 Å². The maximum Gasteiger partial charge on any atom is 0.311 e. The van der Waals surface area contributed by atoms with Crippen LogP contribution in [0, 0.1) is 13.8 Å². The van der Waals surface area contributed by atoms with E-state index in [0.717, 1.165) is 22.6 Å². The van der Waals surface area contributed by atoms with Crippen molar-refractivity contribution in [3.63, 3.8) is 0 Å². The van der Waals surface area contributed by atoms with E-state index in [1.165, 1.54) is 6.92 Å². The van der Waals surface area contributed by atoms with Crippen LogP contribution in [0.25, 0.3) is 5.69 Å². The van der Waals surface area contributed by atoms with Crippen molar-refractivity contribution in [1.82, 2.24) is 9.78 Å². The number of halogens is 1. The summed E-state index contributed by atoms with van der Waals surface area (Å²) >= 11 is 5.91. The van der Waals surface area contributed by atoms with Crippen LogP contribution in [0.4, 0.5) is 5.69 Å². The molecule has 7 heteroatoms. The average molecular weight is 412 g/mol. The maximum atomic E-state index is 12.4. The molecule has 6 nitrogen and oxygen atoms in total. The summed E-state index contributed by atoms with van der Waals surface area (Å²) in [6.45, 7) is 5.29. The molecule has 1 atom stereocenters. The minimum absolute atomic E-state index is 0.0410. The smallest absolute Gasteiger partial charge is 0.311 e. The summed E-state index contributed by atoms with van der Waals surface area (Å²) in [5, 5.41) is 7.72. The summed E-state index contributed by atoms with van der Waals surface area (Å²) in [4.78, 5) is 24.7. The molecule has 2 aromatic carbocycles. The quantitative estimate of drug-likeness (QED) is 0.615. The Morgan fingerprint density at radius 2 is 1.86 bits per heavy atom. The molecule has 1 aromatic heterocycles. The Balaban J connectivity index is 1.64. The summed E-state index contributed by atoms with van der Waals surface area (Å²) in [5.74, 6) is -0.911. The highest BCUT2D eigenvalue weighted by Gasteiger charge is 2.21. The van der Waals surface area contributed by atoms with Gasteiger partial charge in [-0.15, -0.1) is 0 Å². The van der Waals surface area contributed by atoms with E-state index in [1.807, 2.05) is 44.2 Å². The number of para-hydroxylation sites is 1. The van der Waals surface area contributed by atoms with Crippen molar-refractivity contribution in [2.24, 2.45) is 0 Å². The standard InChI is InChI=1S/C22H22ClN3O3/c1-14-20(15(2)26(25-14)19-10-5-4-6-11-19)13-21(27)29-16(3)22(28)24-18-9-7-8-17(23)12-18/h4-12,16H,13H2,1-3H3,(H,24,28)/t16-/m1/s1. The fourth-order valence-corrected chi connectivity index (χ4v) is 3.19. The molecule has 1 heterocycles. The highest BCUT2D eigenvalue weighted by Crippen LogP contribution is 2.19. The first-order valence-electron chi connectivity index (χ1n) is 9.21. The summed E-state index contributed by atoms with van der Waals surface area (Å²) in [6.07, 6.45) is -0.898. The zero-order chi connectivity index (χ0) is 21.0. The zero-order valence-corrected chi connectivity index (χ0v) is 17.2. The number of benzene rings is 2. The van der Waals surface area contributed by atoms with Crippen molar-refractivity contribution < 1.29 is 14.3 Å². The molecule has 150 valence electrons. The monoisotopic (exact) mass is 411 g/mol. The fourth-order valence-electron chi connectivity index (χ4n) is 3.00. The van der Waals surface area contributed by atoms with Crippen LogP contribution in [-0.4, -0.2) is 27.8 Å². The molecule has 0 aliphatic rings. The van der Waals surface area contributed by atoms with Gasteiger partial charge in [0.25, 0.3) is 5.91 Å². The average Bonchev–Trinajstić information content (AvgIpc) is 2.97. The SMILES string of the molecule is Cc1nn(-c2ccccc2)c(C)c1CC(=O)O[C@H](C)C(=O)Nc1cccc(Cl)c1. The summed E-state index contributed by atoms with van der Waals surface area (Å²) in [5.41, 5.74) is 3.87. The van der Waals surface area contributed by atoms with E-state index in [0.29, 0.717) is 10.7 Å². The third kappa shape index (κ3) is 5.03. The number of carbonyl (C=O) groups excluding carboxylic acids is 2. The number of hydrogen-bond acceptors (Lipinski definition) is 4. The van der Waals surface area contributed by atoms with E-state index in [-0.39, 0.29) is 6.42 Å². The summed E-state index contributed by atoms with van der Waals surface area (Å²) in [6, 6.07) is 16.5. The Bertz CT molecular complexity index is 1030. The van der Waals surface area contributed by atoms with Gasteiger partial charge in [-0.05, 0) is 51.1 Å². The minimum Gasteiger partial charge on any atom is -0.452 e. The molecule has 0 unspecified atom stereocenters. The molecule has 1 amide bonds. The number of nitrogens with zero attached hydrogens (tertiary/aromatic N) is 2. The normalized spacial score (nSPS) is 11.7. The molecule has 0 bridgehead atoms. The number of anilines is 1. The molecule has 0 saturated heterocycles. The van der Waals surface area contributed by atoms with Gasteiger partial charge in [0.15, 0.2) is 6.10 Å². The first-order valence-corrected chi connectivity index (χ1v) is 9.59. The van der Waals surface area contributed by atoms with Gasteiger partial charge in [0, 0.05) is 22.0 Å². The second-order valence-corrected chi connectivity index (χ2v) is 7.14. The number of amides is 1. The van der Waals surface area contributed by atoms with Gasteiger partial charge in [0.05, 0.1) is 17.8 Å². The van der Waals surface area contributed by atoms with Gasteiger partial charge in [-0.25, -0.2) is 4.68 Å². The van der Waals surface area contributed by atoms with Crippen molar-refractivity contribution in [3.8, 4) is 5.69 Å². The van der Waals surface area contributed by atoms with E-state index in [9.17, 15) is 9.59 Å². The molecule has 0 aliphatic carbocycles. The van der Waals surface area contributed by atoms with E-state index >= 15 is 0 Å². The molecular weight excluding hydrogens is 390 g/mol. The van der Waals surface area contributed by atoms with Crippen molar-refractivity contribution in [3.05, 3.63) is 76.6 Å². The Kier molecular flexibility index (Phi) is 6.34. The lowest BCUT2D eigenvalue weighted by atomic mass is 10.1. The van der Waals surface area contributed by atoms with Gasteiger partial charge in [0.2, 0.25) is 0 Å². The predicted molar refractivity (Wildman–Crippen MR) is 112 cm³/mol. The van der Waals surface area contributed by atoms with E-state index in [1.54, 1.807) is 28.9 Å². The van der Waals surface area contributed by atoms with Crippen molar-refractivity contribution >= 4 is 29.2 Å². The van der Waals surface area contributed by atoms with Crippen molar-refractivity contribution in [2.75, 3.05) is 5.32 Å². The van der Waals surface area contributed by atoms with Crippen LogP contribution in [0.3, 0.4) is 0 Å². The van der Waals surface area contributed by atoms with Gasteiger partial charge in [0.1, 0.15) is 0 Å². The number of ether oxygens (including phenoxy) is 1. The minimum atomic E-state index is -0.939. The van der Waals surface area contributed by atoms with E-state index < -0.39 is 18.0 Å². The van der Waals surface area contributed by atoms with Crippen LogP contribution in [0.15, 0.2) is 54.6 Å². The van der Waals surface area contributed by atoms with Crippen LogP contribution in [-0.2, 0) is 20.7 Å². The van der Waals surface area contributed by atoms with Crippen molar-refractivity contribution in [1.29, 1.82) is 0 Å². The molecule has 0 fully saturated rings. The summed E-state index contributed by atoms with van der Waals surface area (Å²) in [7, 11) is 0. The third-order valence-corrected chi connectivity index (χ3v) is 4.77. The first kappa shape index (κ1) is 20.6. The number of aromatic nitrogens is 2. The van der Waals surface area contributed by atoms with Gasteiger partial charge < -0.3 is 10.1 Å². The molecule has 0 radical (unpaired) electrons. The lowest BCUT2D eigenvalue weighted by Gasteiger charge is -2.14. The number of rotatable bonds is 6. The Morgan fingerprint density at radius 1 is 1.14 bits per heavy atom. The summed E-state index contributed by atoms with van der Waals surface area (Å²) < 4.78 is 7.12. The Labute approximate surface area is 174 Å². The van der Waals surface area contributed by atoms with Crippen LogP contribution in [0.5, 0.6) is 0 Å². The molecule has 0 spiro atoms. The van der Waals surface area contributed by atoms with Gasteiger partial charge in [-0.1, -0.05) is 35.9 Å². The Hall–Kier alpha value is -3.12. The molecule has 1 N–H and O–H groups in total. The van der Waals surface area contributed by atoms with Gasteiger partial charge in [-0.3, -0.25) is 9.59 Å². The number of aryl methyl sites for hydroxylation is 1. The lowest BCUT2D eigenvalue weighted by molar-refractivity contribution is -0.152. The Morgan fingerprint density at radius 3 is 2.55 bits per heavy atom. The van der Waals surface area contributed by atoms with E-state index in [4.69, 9.17) is 16.3 Å². The number of carbonyl (C=O) groups is 2. The molecule has 3 aromatic rings. The van der Waals surface area contributed by atoms with Crippen LogP contribution < -0.4 is 5.32 Å². The van der Waals surface area contributed by atoms with Crippen LogP contribution >= 0.6 is 11.6 Å². The largest absolute Gasteiger partial charge is 0.452 e. The third-order valence-electron chi connectivity index (χ3n) is 4.53. The molecule has 3 rings (SSSR count). The maximum absolute atomic E-state index is 12.4. The number of nitrogens with one attached hydrogen (secondary N) is 1. The predicted octanol–water partition coefficient (Wildman–Crippen LogP) is 4.26. The number of esters is 1. The van der Waals surface area contributed by atoms with Gasteiger partial charge in [-0.2, -0.15) is 5.10 Å².